The van der Waals surface area contributed by atoms with Gasteiger partial charge in [-0.2, -0.15) is 0 Å². The second-order valence-corrected chi connectivity index (χ2v) is 3.62. The molecule has 0 amide bonds. The van der Waals surface area contributed by atoms with Crippen molar-refractivity contribution in [1.29, 1.82) is 0 Å². The molecule has 0 N–H and O–H groups in total. The zero-order valence-corrected chi connectivity index (χ0v) is 8.28. The lowest BCUT2D eigenvalue weighted by atomic mass is 10.0. The van der Waals surface area contributed by atoms with Crippen LogP contribution in [0.25, 0.3) is 0 Å². The first-order chi connectivity index (χ1) is 6.69. The predicted molar refractivity (Wildman–Crippen MR) is 49.7 cm³/mol. The largest absolute Gasteiger partial charge is 0.468 e. The molecule has 1 aromatic heterocycles. The predicted octanol–water partition coefficient (Wildman–Crippen LogP) is 0.990. The van der Waals surface area contributed by atoms with E-state index in [2.05, 4.69) is 9.97 Å². The minimum Gasteiger partial charge on any atom is -0.468 e. The molecule has 74 valence electrons. The van der Waals surface area contributed by atoms with Crippen LogP contribution in [0.15, 0.2) is 12.4 Å². The topological polar surface area (TPSA) is 52.1 Å². The average molecular weight is 192 g/mol. The average Bonchev–Trinajstić information content (AvgIpc) is 2.97. The van der Waals surface area contributed by atoms with Crippen molar-refractivity contribution in [2.45, 2.75) is 25.2 Å². The maximum Gasteiger partial charge on any atom is 0.317 e. The van der Waals surface area contributed by atoms with Crippen LogP contribution in [0.5, 0.6) is 0 Å². The molecular formula is C10H12N2O2. The summed E-state index contributed by atoms with van der Waals surface area (Å²) in [5.41, 5.74) is 1.20. The van der Waals surface area contributed by atoms with Crippen molar-refractivity contribution < 1.29 is 9.53 Å². The summed E-state index contributed by atoms with van der Waals surface area (Å²) in [6.07, 6.45) is 3.15. The van der Waals surface area contributed by atoms with Crippen LogP contribution < -0.4 is 0 Å². The standard InChI is InChI=1S/C10H12N2O2/c1-7-5-8(12-6-11-7)10(3-4-10)9(13)14-2/h5-6H,3-4H2,1-2H3. The first-order valence-corrected chi connectivity index (χ1v) is 4.56. The Kier molecular flexibility index (Phi) is 1.98. The normalized spacial score (nSPS) is 17.6. The zero-order chi connectivity index (χ0) is 10.2. The molecule has 1 aromatic rings. The van der Waals surface area contributed by atoms with Crippen molar-refractivity contribution in [3.05, 3.63) is 23.8 Å². The van der Waals surface area contributed by atoms with E-state index in [0.717, 1.165) is 24.2 Å². The molecule has 0 radical (unpaired) electrons. The van der Waals surface area contributed by atoms with Gasteiger partial charge in [-0.25, -0.2) is 9.97 Å². The van der Waals surface area contributed by atoms with E-state index >= 15 is 0 Å². The van der Waals surface area contributed by atoms with Crippen LogP contribution in [0.1, 0.15) is 24.2 Å². The maximum absolute atomic E-state index is 11.5. The molecule has 0 saturated heterocycles. The summed E-state index contributed by atoms with van der Waals surface area (Å²) >= 11 is 0. The van der Waals surface area contributed by atoms with Crippen LogP contribution in [0.4, 0.5) is 0 Å². The molecule has 0 aromatic carbocycles. The van der Waals surface area contributed by atoms with Crippen molar-refractivity contribution >= 4 is 5.97 Å². The van der Waals surface area contributed by atoms with E-state index in [-0.39, 0.29) is 5.97 Å². The molecule has 4 nitrogen and oxygen atoms in total. The van der Waals surface area contributed by atoms with Gasteiger partial charge in [-0.1, -0.05) is 0 Å². The fraction of sp³-hybridized carbons (Fsp3) is 0.500. The van der Waals surface area contributed by atoms with Gasteiger partial charge >= 0.3 is 5.97 Å². The van der Waals surface area contributed by atoms with Gasteiger partial charge in [-0.3, -0.25) is 4.79 Å². The summed E-state index contributed by atoms with van der Waals surface area (Å²) in [6.45, 7) is 1.89. The molecule has 0 bridgehead atoms. The van der Waals surface area contributed by atoms with Crippen molar-refractivity contribution in [3.8, 4) is 0 Å². The summed E-state index contributed by atoms with van der Waals surface area (Å²) in [5, 5.41) is 0. The van der Waals surface area contributed by atoms with Gasteiger partial charge in [0, 0.05) is 5.69 Å². The number of carbonyl (C=O) groups is 1. The second-order valence-electron chi connectivity index (χ2n) is 3.62. The summed E-state index contributed by atoms with van der Waals surface area (Å²) in [6, 6.07) is 1.85. The highest BCUT2D eigenvalue weighted by atomic mass is 16.5. The van der Waals surface area contributed by atoms with E-state index in [0.29, 0.717) is 0 Å². The second kappa shape index (κ2) is 3.04. The van der Waals surface area contributed by atoms with E-state index in [4.69, 9.17) is 4.74 Å². The van der Waals surface area contributed by atoms with Gasteiger partial charge in [0.25, 0.3) is 0 Å². The molecule has 2 rings (SSSR count). The lowest BCUT2D eigenvalue weighted by molar-refractivity contribution is -0.143. The molecule has 1 saturated carbocycles. The Hall–Kier alpha value is -1.45. The van der Waals surface area contributed by atoms with E-state index in [9.17, 15) is 4.79 Å². The Morgan fingerprint density at radius 3 is 2.71 bits per heavy atom. The van der Waals surface area contributed by atoms with Gasteiger partial charge in [0.15, 0.2) is 0 Å². The van der Waals surface area contributed by atoms with E-state index in [1.165, 1.54) is 13.4 Å². The Balaban J connectivity index is 2.35. The number of aromatic nitrogens is 2. The maximum atomic E-state index is 11.5. The third-order valence-corrected chi connectivity index (χ3v) is 2.62. The zero-order valence-electron chi connectivity index (χ0n) is 8.28. The van der Waals surface area contributed by atoms with Gasteiger partial charge in [0.05, 0.1) is 12.8 Å². The van der Waals surface area contributed by atoms with Gasteiger partial charge in [-0.05, 0) is 25.8 Å². The van der Waals surface area contributed by atoms with Crippen LogP contribution in [0, 0.1) is 6.92 Å². The highest BCUT2D eigenvalue weighted by molar-refractivity contribution is 5.85. The number of rotatable bonds is 2. The Morgan fingerprint density at radius 1 is 1.50 bits per heavy atom. The fourth-order valence-electron chi connectivity index (χ4n) is 1.60. The van der Waals surface area contributed by atoms with E-state index < -0.39 is 5.41 Å². The number of hydrogen-bond donors (Lipinski definition) is 0. The molecule has 14 heavy (non-hydrogen) atoms. The third-order valence-electron chi connectivity index (χ3n) is 2.62. The van der Waals surface area contributed by atoms with E-state index in [1.807, 2.05) is 13.0 Å². The van der Waals surface area contributed by atoms with Gasteiger partial charge in [-0.15, -0.1) is 0 Å². The van der Waals surface area contributed by atoms with Crippen LogP contribution in [-0.2, 0) is 14.9 Å². The molecule has 0 atom stereocenters. The molecule has 0 unspecified atom stereocenters. The van der Waals surface area contributed by atoms with Crippen LogP contribution in [-0.4, -0.2) is 23.0 Å². The highest BCUT2D eigenvalue weighted by Crippen LogP contribution is 2.48. The molecule has 1 fully saturated rings. The number of esters is 1. The molecule has 1 heterocycles. The monoisotopic (exact) mass is 192 g/mol. The Labute approximate surface area is 82.3 Å². The molecule has 1 aliphatic rings. The molecular weight excluding hydrogens is 180 g/mol. The van der Waals surface area contributed by atoms with Gasteiger partial charge < -0.3 is 4.74 Å². The lowest BCUT2D eigenvalue weighted by Crippen LogP contribution is -2.23. The quantitative estimate of drug-likeness (QED) is 0.656. The van der Waals surface area contributed by atoms with Crippen molar-refractivity contribution in [2.24, 2.45) is 0 Å². The number of nitrogens with zero attached hydrogens (tertiary/aromatic N) is 2. The molecule has 4 heteroatoms. The van der Waals surface area contributed by atoms with Gasteiger partial charge in [0.1, 0.15) is 11.7 Å². The highest BCUT2D eigenvalue weighted by Gasteiger charge is 2.53. The van der Waals surface area contributed by atoms with E-state index in [1.54, 1.807) is 0 Å². The number of carbonyl (C=O) groups excluding carboxylic acids is 1. The van der Waals surface area contributed by atoms with Crippen LogP contribution in [0.3, 0.4) is 0 Å². The summed E-state index contributed by atoms with van der Waals surface area (Å²) in [4.78, 5) is 19.7. The Morgan fingerprint density at radius 2 is 2.21 bits per heavy atom. The van der Waals surface area contributed by atoms with Gasteiger partial charge in [0.2, 0.25) is 0 Å². The first-order valence-electron chi connectivity index (χ1n) is 4.56. The smallest absolute Gasteiger partial charge is 0.317 e. The fourth-order valence-corrected chi connectivity index (χ4v) is 1.60. The first kappa shape index (κ1) is 9.12. The summed E-state index contributed by atoms with van der Waals surface area (Å²) in [5.74, 6) is -0.185. The minimum absolute atomic E-state index is 0.185. The van der Waals surface area contributed by atoms with Crippen molar-refractivity contribution in [1.82, 2.24) is 9.97 Å². The number of hydrogen-bond acceptors (Lipinski definition) is 4. The molecule has 1 aliphatic carbocycles. The molecule has 0 aliphatic heterocycles. The SMILES string of the molecule is COC(=O)C1(c2cc(C)ncn2)CC1. The third kappa shape index (κ3) is 1.27. The van der Waals surface area contributed by atoms with Crippen LogP contribution in [0.2, 0.25) is 0 Å². The number of methoxy groups -OCH3 is 1. The van der Waals surface area contributed by atoms with Crippen molar-refractivity contribution in [3.63, 3.8) is 0 Å². The minimum atomic E-state index is -0.470. The summed E-state index contributed by atoms with van der Waals surface area (Å²) < 4.78 is 4.77. The lowest BCUT2D eigenvalue weighted by Gasteiger charge is -2.11. The summed E-state index contributed by atoms with van der Waals surface area (Å²) in [7, 11) is 1.41. The van der Waals surface area contributed by atoms with Crippen molar-refractivity contribution in [2.75, 3.05) is 7.11 Å². The Bertz CT molecular complexity index is 372. The van der Waals surface area contributed by atoms with Crippen LogP contribution >= 0.6 is 0 Å². The molecule has 0 spiro atoms. The number of aryl methyl sites for hydroxylation is 1. The number of ether oxygens (including phenoxy) is 1.